The summed E-state index contributed by atoms with van der Waals surface area (Å²) >= 11 is 1.86. The van der Waals surface area contributed by atoms with Crippen molar-refractivity contribution in [2.75, 3.05) is 0 Å². The molecule has 11 rings (SSSR count). The summed E-state index contributed by atoms with van der Waals surface area (Å²) in [7, 11) is 0. The Kier molecular flexibility index (Phi) is 7.04. The van der Waals surface area contributed by atoms with Gasteiger partial charge in [0.15, 0.2) is 5.82 Å². The average Bonchev–Trinajstić information content (AvgIpc) is 3.79. The van der Waals surface area contributed by atoms with Crippen LogP contribution in [0.5, 0.6) is 0 Å². The maximum absolute atomic E-state index is 5.10. The molecular weight excluding hydrogens is 675 g/mol. The Morgan fingerprint density at radius 2 is 0.926 bits per heavy atom. The first kappa shape index (κ1) is 30.7. The number of aromatic nitrogens is 3. The van der Waals surface area contributed by atoms with Gasteiger partial charge in [-0.1, -0.05) is 121 Å². The number of thiophene rings is 1. The van der Waals surface area contributed by atoms with Gasteiger partial charge in [0.2, 0.25) is 0 Å². The lowest BCUT2D eigenvalue weighted by Crippen LogP contribution is -1.97. The van der Waals surface area contributed by atoms with E-state index in [9.17, 15) is 0 Å². The zero-order valence-electron chi connectivity index (χ0n) is 29.1. The maximum atomic E-state index is 5.10. The van der Waals surface area contributed by atoms with Gasteiger partial charge in [-0.05, 0) is 89.0 Å². The van der Waals surface area contributed by atoms with E-state index in [1.807, 2.05) is 29.5 Å². The van der Waals surface area contributed by atoms with Gasteiger partial charge in [0.25, 0.3) is 0 Å². The van der Waals surface area contributed by atoms with E-state index in [0.717, 1.165) is 39.2 Å². The van der Waals surface area contributed by atoms with E-state index >= 15 is 0 Å². The minimum atomic E-state index is 0.720. The van der Waals surface area contributed by atoms with E-state index < -0.39 is 0 Å². The van der Waals surface area contributed by atoms with Gasteiger partial charge in [-0.25, -0.2) is 9.97 Å². The van der Waals surface area contributed by atoms with Gasteiger partial charge in [0.1, 0.15) is 0 Å². The molecule has 0 saturated carbocycles. The van der Waals surface area contributed by atoms with Gasteiger partial charge in [-0.3, -0.25) is 0 Å². The van der Waals surface area contributed by atoms with E-state index in [-0.39, 0.29) is 0 Å². The minimum absolute atomic E-state index is 0.720. The summed E-state index contributed by atoms with van der Waals surface area (Å²) in [4.78, 5) is 10.1. The summed E-state index contributed by atoms with van der Waals surface area (Å²) in [5, 5.41) is 6.17. The van der Waals surface area contributed by atoms with Crippen molar-refractivity contribution in [1.29, 1.82) is 0 Å². The molecule has 54 heavy (non-hydrogen) atoms. The van der Waals surface area contributed by atoms with Gasteiger partial charge in [-0.15, -0.1) is 11.3 Å². The molecule has 0 unspecified atom stereocenters. The van der Waals surface area contributed by atoms with Gasteiger partial charge in [-0.2, -0.15) is 0 Å². The van der Waals surface area contributed by atoms with E-state index in [1.165, 1.54) is 64.2 Å². The third kappa shape index (κ3) is 5.03. The van der Waals surface area contributed by atoms with Crippen molar-refractivity contribution in [3.8, 4) is 50.6 Å². The highest BCUT2D eigenvalue weighted by molar-refractivity contribution is 7.25. The smallest absolute Gasteiger partial charge is 0.160 e. The fourth-order valence-electron chi connectivity index (χ4n) is 7.97. The molecule has 11 aromatic rings. The molecule has 0 aliphatic heterocycles. The molecule has 8 aromatic carbocycles. The number of para-hydroxylation sites is 2. The van der Waals surface area contributed by atoms with Crippen LogP contribution in [-0.4, -0.2) is 14.5 Å². The van der Waals surface area contributed by atoms with Gasteiger partial charge < -0.3 is 4.57 Å². The molecule has 0 bridgehead atoms. The molecule has 0 aliphatic carbocycles. The molecular formula is C50H31N3S. The van der Waals surface area contributed by atoms with Crippen LogP contribution in [0.25, 0.3) is 103 Å². The van der Waals surface area contributed by atoms with Gasteiger partial charge in [0.05, 0.1) is 22.2 Å². The van der Waals surface area contributed by atoms with Crippen LogP contribution in [0.4, 0.5) is 0 Å². The normalized spacial score (nSPS) is 11.7. The van der Waals surface area contributed by atoms with Gasteiger partial charge in [0, 0.05) is 53.1 Å². The third-order valence-electron chi connectivity index (χ3n) is 10.6. The summed E-state index contributed by atoms with van der Waals surface area (Å²) in [6.45, 7) is 0. The first-order valence-corrected chi connectivity index (χ1v) is 19.1. The highest BCUT2D eigenvalue weighted by Gasteiger charge is 2.16. The molecule has 0 spiro atoms. The van der Waals surface area contributed by atoms with Crippen molar-refractivity contribution in [1.82, 2.24) is 14.5 Å². The standard InChI is InChI=1S/C50H31N3S/c1-2-10-34(11-3-1)49-41-14-4-7-15-44(41)51-50(52-49)35-22-26-38(27-23-35)53-45-16-8-5-12-39(45)42-30-36(24-28-46(42)53)32-18-20-33(21-19-32)37-25-29-48-43(31-37)40-13-6-9-17-47(40)54-48/h1-31H. The average molecular weight is 706 g/mol. The molecule has 252 valence electrons. The Morgan fingerprint density at radius 3 is 1.72 bits per heavy atom. The number of nitrogens with zero attached hydrogens (tertiary/aromatic N) is 3. The second kappa shape index (κ2) is 12.4. The molecule has 0 atom stereocenters. The molecule has 3 heterocycles. The van der Waals surface area contributed by atoms with Crippen molar-refractivity contribution in [2.24, 2.45) is 0 Å². The summed E-state index contributed by atoms with van der Waals surface area (Å²) in [6, 6.07) is 67.4. The lowest BCUT2D eigenvalue weighted by molar-refractivity contribution is 1.17. The molecule has 0 saturated heterocycles. The molecule has 0 fully saturated rings. The van der Waals surface area contributed by atoms with Crippen molar-refractivity contribution in [3.05, 3.63) is 188 Å². The van der Waals surface area contributed by atoms with Crippen molar-refractivity contribution < 1.29 is 0 Å². The lowest BCUT2D eigenvalue weighted by atomic mass is 9.98. The number of rotatable bonds is 5. The monoisotopic (exact) mass is 705 g/mol. The van der Waals surface area contributed by atoms with Crippen LogP contribution in [-0.2, 0) is 0 Å². The van der Waals surface area contributed by atoms with E-state index in [4.69, 9.17) is 9.97 Å². The first-order chi connectivity index (χ1) is 26.7. The number of hydrogen-bond donors (Lipinski definition) is 0. The number of benzene rings is 8. The SMILES string of the molecule is c1ccc(-c2nc(-c3ccc(-n4c5ccccc5c5cc(-c6ccc(-c7ccc8sc9ccccc9c8c7)cc6)ccc54)cc3)nc3ccccc23)cc1. The van der Waals surface area contributed by atoms with Crippen LogP contribution in [0.2, 0.25) is 0 Å². The number of fused-ring (bicyclic) bond motifs is 7. The second-order valence-corrected chi connectivity index (χ2v) is 14.9. The zero-order valence-corrected chi connectivity index (χ0v) is 30.0. The molecule has 0 radical (unpaired) electrons. The predicted octanol–water partition coefficient (Wildman–Crippen LogP) is 13.8. The molecule has 4 heteroatoms. The Morgan fingerprint density at radius 1 is 0.352 bits per heavy atom. The van der Waals surface area contributed by atoms with Gasteiger partial charge >= 0.3 is 0 Å². The van der Waals surface area contributed by atoms with E-state index in [1.54, 1.807) is 0 Å². The zero-order chi connectivity index (χ0) is 35.6. The van der Waals surface area contributed by atoms with Crippen molar-refractivity contribution in [3.63, 3.8) is 0 Å². The van der Waals surface area contributed by atoms with E-state index in [0.29, 0.717) is 0 Å². The minimum Gasteiger partial charge on any atom is -0.309 e. The highest BCUT2D eigenvalue weighted by atomic mass is 32.1. The summed E-state index contributed by atoms with van der Waals surface area (Å²) < 4.78 is 5.03. The van der Waals surface area contributed by atoms with Crippen LogP contribution in [0.15, 0.2) is 188 Å². The molecule has 0 N–H and O–H groups in total. The fraction of sp³-hybridized carbons (Fsp3) is 0. The Bertz CT molecular complexity index is 3190. The first-order valence-electron chi connectivity index (χ1n) is 18.2. The number of hydrogen-bond acceptors (Lipinski definition) is 3. The second-order valence-electron chi connectivity index (χ2n) is 13.8. The molecule has 3 aromatic heterocycles. The van der Waals surface area contributed by atoms with Crippen molar-refractivity contribution in [2.45, 2.75) is 0 Å². The summed E-state index contributed by atoms with van der Waals surface area (Å²) in [6.07, 6.45) is 0. The summed E-state index contributed by atoms with van der Waals surface area (Å²) in [5.74, 6) is 0.720. The van der Waals surface area contributed by atoms with Crippen LogP contribution in [0.1, 0.15) is 0 Å². The lowest BCUT2D eigenvalue weighted by Gasteiger charge is -2.11. The highest BCUT2D eigenvalue weighted by Crippen LogP contribution is 2.38. The molecule has 3 nitrogen and oxygen atoms in total. The van der Waals surface area contributed by atoms with Crippen LogP contribution in [0, 0.1) is 0 Å². The summed E-state index contributed by atoms with van der Waals surface area (Å²) in [5.41, 5.74) is 12.3. The van der Waals surface area contributed by atoms with Crippen molar-refractivity contribution >= 4 is 64.2 Å². The maximum Gasteiger partial charge on any atom is 0.160 e. The topological polar surface area (TPSA) is 30.7 Å². The third-order valence-corrected chi connectivity index (χ3v) is 11.8. The van der Waals surface area contributed by atoms with Crippen LogP contribution >= 0.6 is 11.3 Å². The quantitative estimate of drug-likeness (QED) is 0.178. The fourth-order valence-corrected chi connectivity index (χ4v) is 9.06. The molecule has 0 aliphatic rings. The van der Waals surface area contributed by atoms with E-state index in [2.05, 4.69) is 174 Å². The van der Waals surface area contributed by atoms with Crippen LogP contribution in [0.3, 0.4) is 0 Å². The molecule has 0 amide bonds. The Hall–Kier alpha value is -6.88. The predicted molar refractivity (Wildman–Crippen MR) is 229 cm³/mol. The largest absolute Gasteiger partial charge is 0.309 e. The Balaban J connectivity index is 0.952. The van der Waals surface area contributed by atoms with Crippen LogP contribution < -0.4 is 0 Å². The Labute approximate surface area is 316 Å².